The molecule has 0 saturated heterocycles. The van der Waals surface area contributed by atoms with Gasteiger partial charge in [-0.15, -0.1) is 0 Å². The van der Waals surface area contributed by atoms with E-state index in [1.165, 1.54) is 0 Å². The maximum absolute atomic E-state index is 11.7. The standard InChI is InChI=1S/C13H17BrO4/c1-16-5-6-17-7-8-18-10-13(15)11-3-2-4-12(14)9-11/h2-4,9H,5-8,10H2,1H3. The van der Waals surface area contributed by atoms with Gasteiger partial charge in [0.15, 0.2) is 5.78 Å². The molecule has 5 heteroatoms. The molecule has 0 radical (unpaired) electrons. The van der Waals surface area contributed by atoms with Crippen molar-refractivity contribution in [2.24, 2.45) is 0 Å². The predicted molar refractivity (Wildman–Crippen MR) is 72.0 cm³/mol. The largest absolute Gasteiger partial charge is 0.382 e. The Morgan fingerprint density at radius 2 is 1.89 bits per heavy atom. The van der Waals surface area contributed by atoms with Crippen molar-refractivity contribution in [2.75, 3.05) is 40.1 Å². The average molecular weight is 317 g/mol. The van der Waals surface area contributed by atoms with Gasteiger partial charge in [0.05, 0.1) is 26.4 Å². The third-order valence-corrected chi connectivity index (χ3v) is 2.68. The zero-order chi connectivity index (χ0) is 13.2. The van der Waals surface area contributed by atoms with E-state index in [-0.39, 0.29) is 12.4 Å². The Morgan fingerprint density at radius 1 is 1.17 bits per heavy atom. The van der Waals surface area contributed by atoms with Crippen LogP contribution in [0.15, 0.2) is 28.7 Å². The fourth-order valence-corrected chi connectivity index (χ4v) is 1.67. The highest BCUT2D eigenvalue weighted by Crippen LogP contribution is 2.12. The Labute approximate surface area is 115 Å². The molecule has 1 aromatic carbocycles. The molecule has 0 saturated carbocycles. The number of benzene rings is 1. The molecule has 0 aliphatic heterocycles. The van der Waals surface area contributed by atoms with Crippen LogP contribution in [0.3, 0.4) is 0 Å². The first kappa shape index (κ1) is 15.3. The molecule has 0 fully saturated rings. The molecule has 1 rings (SSSR count). The number of ketones is 1. The highest BCUT2D eigenvalue weighted by atomic mass is 79.9. The SMILES string of the molecule is COCCOCCOCC(=O)c1cccc(Br)c1. The summed E-state index contributed by atoms with van der Waals surface area (Å²) >= 11 is 3.32. The number of ether oxygens (including phenoxy) is 3. The van der Waals surface area contributed by atoms with Gasteiger partial charge in [0.1, 0.15) is 6.61 Å². The molecule has 0 unspecified atom stereocenters. The first-order chi connectivity index (χ1) is 8.74. The third-order valence-electron chi connectivity index (χ3n) is 2.18. The fourth-order valence-electron chi connectivity index (χ4n) is 1.27. The van der Waals surface area contributed by atoms with Gasteiger partial charge in [-0.2, -0.15) is 0 Å². The minimum atomic E-state index is -0.0341. The highest BCUT2D eigenvalue weighted by molar-refractivity contribution is 9.10. The summed E-state index contributed by atoms with van der Waals surface area (Å²) in [7, 11) is 1.62. The van der Waals surface area contributed by atoms with Crippen molar-refractivity contribution < 1.29 is 19.0 Å². The van der Waals surface area contributed by atoms with E-state index in [2.05, 4.69) is 15.9 Å². The number of Topliss-reactive ketones (excluding diaryl/α,β-unsaturated/α-hetero) is 1. The maximum atomic E-state index is 11.7. The molecule has 0 N–H and O–H groups in total. The number of hydrogen-bond donors (Lipinski definition) is 0. The normalized spacial score (nSPS) is 10.6. The Hall–Kier alpha value is -0.750. The summed E-state index contributed by atoms with van der Waals surface area (Å²) < 4.78 is 16.2. The number of carbonyl (C=O) groups is 1. The molecule has 0 bridgehead atoms. The Bertz CT molecular complexity index is 368. The van der Waals surface area contributed by atoms with Crippen LogP contribution in [-0.2, 0) is 14.2 Å². The zero-order valence-electron chi connectivity index (χ0n) is 10.4. The van der Waals surface area contributed by atoms with Crippen molar-refractivity contribution in [3.8, 4) is 0 Å². The molecular weight excluding hydrogens is 300 g/mol. The van der Waals surface area contributed by atoms with Gasteiger partial charge in [-0.05, 0) is 12.1 Å². The van der Waals surface area contributed by atoms with Crippen LogP contribution in [0.2, 0.25) is 0 Å². The number of hydrogen-bond acceptors (Lipinski definition) is 4. The quantitative estimate of drug-likeness (QED) is 0.518. The van der Waals surface area contributed by atoms with Crippen molar-refractivity contribution in [1.29, 1.82) is 0 Å². The summed E-state index contributed by atoms with van der Waals surface area (Å²) in [5.41, 5.74) is 0.643. The first-order valence-corrected chi connectivity index (χ1v) is 6.46. The summed E-state index contributed by atoms with van der Waals surface area (Å²) in [6.45, 7) is 2.05. The second kappa shape index (κ2) is 9.22. The summed E-state index contributed by atoms with van der Waals surface area (Å²) in [6, 6.07) is 7.25. The van der Waals surface area contributed by atoms with Gasteiger partial charge in [0.2, 0.25) is 0 Å². The average Bonchev–Trinajstić information content (AvgIpc) is 2.37. The zero-order valence-corrected chi connectivity index (χ0v) is 11.9. The molecule has 0 aliphatic rings. The molecule has 0 heterocycles. The minimum Gasteiger partial charge on any atom is -0.382 e. The van der Waals surface area contributed by atoms with Crippen LogP contribution < -0.4 is 0 Å². The van der Waals surface area contributed by atoms with Gasteiger partial charge in [-0.3, -0.25) is 4.79 Å². The molecular formula is C13H17BrO4. The molecule has 4 nitrogen and oxygen atoms in total. The maximum Gasteiger partial charge on any atom is 0.188 e. The lowest BCUT2D eigenvalue weighted by atomic mass is 10.1. The number of carbonyl (C=O) groups excluding carboxylic acids is 1. The third kappa shape index (κ3) is 6.26. The lowest BCUT2D eigenvalue weighted by molar-refractivity contribution is 0.0253. The summed E-state index contributed by atoms with van der Waals surface area (Å²) in [6.07, 6.45) is 0. The highest BCUT2D eigenvalue weighted by Gasteiger charge is 2.05. The van der Waals surface area contributed by atoms with E-state index in [0.29, 0.717) is 32.0 Å². The van der Waals surface area contributed by atoms with Crippen molar-refractivity contribution >= 4 is 21.7 Å². The van der Waals surface area contributed by atoms with Gasteiger partial charge in [0, 0.05) is 17.1 Å². The lowest BCUT2D eigenvalue weighted by Crippen LogP contribution is -2.13. The van der Waals surface area contributed by atoms with Crippen LogP contribution in [0.1, 0.15) is 10.4 Å². The van der Waals surface area contributed by atoms with Crippen LogP contribution >= 0.6 is 15.9 Å². The molecule has 100 valence electrons. The van der Waals surface area contributed by atoms with Gasteiger partial charge >= 0.3 is 0 Å². The Balaban J connectivity index is 2.14. The van der Waals surface area contributed by atoms with E-state index in [4.69, 9.17) is 14.2 Å². The number of halogens is 1. The smallest absolute Gasteiger partial charge is 0.188 e. The van der Waals surface area contributed by atoms with Crippen LogP contribution in [0, 0.1) is 0 Å². The molecule has 18 heavy (non-hydrogen) atoms. The molecule has 0 amide bonds. The van der Waals surface area contributed by atoms with Crippen molar-refractivity contribution in [3.05, 3.63) is 34.3 Å². The van der Waals surface area contributed by atoms with E-state index in [1.807, 2.05) is 12.1 Å². The van der Waals surface area contributed by atoms with Gasteiger partial charge in [-0.25, -0.2) is 0 Å². The first-order valence-electron chi connectivity index (χ1n) is 5.67. The summed E-state index contributed by atoms with van der Waals surface area (Å²) in [5, 5.41) is 0. The topological polar surface area (TPSA) is 44.8 Å². The van der Waals surface area contributed by atoms with Crippen molar-refractivity contribution in [3.63, 3.8) is 0 Å². The van der Waals surface area contributed by atoms with E-state index in [1.54, 1.807) is 19.2 Å². The van der Waals surface area contributed by atoms with Crippen molar-refractivity contribution in [1.82, 2.24) is 0 Å². The summed E-state index contributed by atoms with van der Waals surface area (Å²) in [5.74, 6) is -0.0341. The fraction of sp³-hybridized carbons (Fsp3) is 0.462. The molecule has 0 aromatic heterocycles. The van der Waals surface area contributed by atoms with Crippen LogP contribution in [-0.4, -0.2) is 45.9 Å². The Kier molecular flexibility index (Phi) is 7.84. The number of rotatable bonds is 9. The van der Waals surface area contributed by atoms with Crippen LogP contribution in [0.4, 0.5) is 0 Å². The number of methoxy groups -OCH3 is 1. The monoisotopic (exact) mass is 316 g/mol. The van der Waals surface area contributed by atoms with Gasteiger partial charge in [-0.1, -0.05) is 28.1 Å². The van der Waals surface area contributed by atoms with E-state index in [0.717, 1.165) is 4.47 Å². The van der Waals surface area contributed by atoms with E-state index < -0.39 is 0 Å². The summed E-state index contributed by atoms with van der Waals surface area (Å²) in [4.78, 5) is 11.7. The minimum absolute atomic E-state index is 0.0341. The van der Waals surface area contributed by atoms with Crippen LogP contribution in [0.5, 0.6) is 0 Å². The van der Waals surface area contributed by atoms with Gasteiger partial charge in [0.25, 0.3) is 0 Å². The molecule has 0 spiro atoms. The second-order valence-electron chi connectivity index (χ2n) is 3.59. The molecule has 0 aliphatic carbocycles. The lowest BCUT2D eigenvalue weighted by Gasteiger charge is -2.05. The van der Waals surface area contributed by atoms with E-state index >= 15 is 0 Å². The van der Waals surface area contributed by atoms with Crippen LogP contribution in [0.25, 0.3) is 0 Å². The predicted octanol–water partition coefficient (Wildman–Crippen LogP) is 2.31. The van der Waals surface area contributed by atoms with Crippen molar-refractivity contribution in [2.45, 2.75) is 0 Å². The van der Waals surface area contributed by atoms with Gasteiger partial charge < -0.3 is 14.2 Å². The molecule has 1 aromatic rings. The molecule has 0 atom stereocenters. The Morgan fingerprint density at radius 3 is 2.61 bits per heavy atom. The second-order valence-corrected chi connectivity index (χ2v) is 4.51. The van der Waals surface area contributed by atoms with E-state index in [9.17, 15) is 4.79 Å².